The molecule has 15 rings (SSSR count). The number of hydrogen-bond acceptors (Lipinski definition) is 21. The van der Waals surface area contributed by atoms with Crippen LogP contribution in [0.2, 0.25) is 10.0 Å². The number of likely N-dealkylation sites (N-methyl/N-ethyl adjacent to an activating group) is 1. The average molecular weight is 1560 g/mol. The van der Waals surface area contributed by atoms with Gasteiger partial charge in [-0.3, -0.25) is 43.7 Å². The number of urea groups is 1. The maximum absolute atomic E-state index is 16.3. The van der Waals surface area contributed by atoms with E-state index in [2.05, 4.69) is 60.1 Å². The van der Waals surface area contributed by atoms with E-state index in [1.165, 1.54) is 62.5 Å². The number of ether oxygens (including phenoxy) is 4. The minimum absolute atomic E-state index is 0.00276. The zero-order valence-electron chi connectivity index (χ0n) is 61.4. The standard InChI is InChI=1S/C78H95Cl2N11O19/c1-6-7-8-9-10-11-18-83-78(106)85-58(95)33-51-72(100)87-63-43-28-56(108-54-16-13-39(26-47(54)79)68(97)65(76(104)84-51)90-71(99)50(82-5)19-34(2)3)69(98)57(29-43)109-55-17-14-40(27-48(55)80)70(110-59-32-49(81)67(96)35(4)107-59)66-77(105)89-64(75(103)86-61-41-21-36-20-37(23-41)24-42(61)22-36)46-30-44(92)31-53(94)60(46)45-25-38(12-15-52(45)93)62(73(101)91-66)88-74(63)102/h12-17,25-31,34-37,41-42,49-51,59,61-68,70,82,92-94,96-98H,6-11,18-24,32-33,81H2,1-5H3,(H,84,104)(H,86,103)(H,87,100)(H,88,102)(H,89,105)(H,90,99)(H,91,101)(H2,83,85,95,106)/t35-,36?,37?,41?,42?,49-,50+,51?,59?,61?,62+,63?,64?,65?,66-,67-,68+,70+/m0/s1. The number of benzene rings is 5. The van der Waals surface area contributed by atoms with Crippen LogP contribution in [0.15, 0.2) is 78.9 Å². The SMILES string of the molecule is CCCCCCCCNC(=O)NC(=O)CC1NC(=O)C(NC(=O)[C@@H](CC(C)C)NC)[C@H](O)c2ccc(c(Cl)c2)Oc2cc3cc(c2O)Oc2ccc(cc2Cl)[C@@H](OC2C[C@H](N)[C@@H](O)[C@H](C)O2)[C@@H]2NC(=O)[C@H](NC(=O)C3NC1=O)c1ccc(O)c(c1)-c1c(O)cc(O)cc1C(C(=O)NC1C3CC4CC(C3)CC1C4)NC2=O. The van der Waals surface area contributed by atoms with Gasteiger partial charge in [-0.25, -0.2) is 4.79 Å². The number of halogens is 2. The Bertz CT molecular complexity index is 4320. The largest absolute Gasteiger partial charge is 0.508 e. The second-order valence-corrected chi connectivity index (χ2v) is 31.2. The van der Waals surface area contributed by atoms with Crippen LogP contribution in [0.25, 0.3) is 11.1 Å². The summed E-state index contributed by atoms with van der Waals surface area (Å²) >= 11 is 14.2. The molecule has 5 fully saturated rings. The van der Waals surface area contributed by atoms with E-state index in [-0.39, 0.29) is 104 Å². The Morgan fingerprint density at radius 2 is 1.27 bits per heavy atom. The minimum Gasteiger partial charge on any atom is -0.508 e. The number of aromatic hydroxyl groups is 4. The monoisotopic (exact) mass is 1560 g/mol. The molecule has 32 heteroatoms. The van der Waals surface area contributed by atoms with Crippen LogP contribution in [0.5, 0.6) is 46.0 Å². The molecule has 6 heterocycles. The second-order valence-electron chi connectivity index (χ2n) is 30.4. The first-order valence-corrected chi connectivity index (χ1v) is 38.3. The summed E-state index contributed by atoms with van der Waals surface area (Å²) in [5.41, 5.74) is 4.92. The zero-order chi connectivity index (χ0) is 78.7. The number of unbranched alkanes of at least 4 members (excludes halogenated alkanes) is 5. The van der Waals surface area contributed by atoms with Crippen LogP contribution in [0.1, 0.15) is 176 Å². The lowest BCUT2D eigenvalue weighted by atomic mass is 9.54. The van der Waals surface area contributed by atoms with Crippen molar-refractivity contribution in [1.29, 1.82) is 0 Å². The fourth-order valence-corrected chi connectivity index (χ4v) is 17.0. The summed E-state index contributed by atoms with van der Waals surface area (Å²) in [5, 5.41) is 97.7. The Morgan fingerprint density at radius 1 is 0.655 bits per heavy atom. The molecule has 5 unspecified atom stereocenters. The van der Waals surface area contributed by atoms with Gasteiger partial charge in [-0.05, 0) is 171 Å². The third kappa shape index (κ3) is 17.9. The van der Waals surface area contributed by atoms with E-state index in [0.29, 0.717) is 18.3 Å². The molecule has 10 amide bonds. The molecule has 590 valence electrons. The van der Waals surface area contributed by atoms with Gasteiger partial charge in [0.2, 0.25) is 53.0 Å². The highest BCUT2D eigenvalue weighted by molar-refractivity contribution is 6.32. The molecule has 13 atom stereocenters. The lowest BCUT2D eigenvalue weighted by Gasteiger charge is -2.54. The number of hydrogen-bond donors (Lipinski definition) is 17. The molecule has 5 aromatic carbocycles. The highest BCUT2D eigenvalue weighted by Crippen LogP contribution is 2.55. The van der Waals surface area contributed by atoms with Crippen molar-refractivity contribution in [2.24, 2.45) is 35.3 Å². The van der Waals surface area contributed by atoms with E-state index < -0.39 is 173 Å². The van der Waals surface area contributed by atoms with Gasteiger partial charge in [0.15, 0.2) is 17.8 Å². The van der Waals surface area contributed by atoms with Crippen molar-refractivity contribution in [1.82, 2.24) is 53.2 Å². The summed E-state index contributed by atoms with van der Waals surface area (Å²) in [7, 11) is 1.51. The number of nitrogens with two attached hydrogens (primary N) is 1. The lowest BCUT2D eigenvalue weighted by Crippen LogP contribution is -2.60. The van der Waals surface area contributed by atoms with Crippen LogP contribution in [0.3, 0.4) is 0 Å². The van der Waals surface area contributed by atoms with Gasteiger partial charge in [0, 0.05) is 42.2 Å². The Labute approximate surface area is 644 Å². The maximum Gasteiger partial charge on any atom is 0.321 e. The molecule has 1 saturated heterocycles. The molecule has 0 radical (unpaired) electrons. The van der Waals surface area contributed by atoms with Gasteiger partial charge in [0.25, 0.3) is 0 Å². The van der Waals surface area contributed by atoms with Gasteiger partial charge in [-0.1, -0.05) is 94.3 Å². The average Bonchev–Trinajstić information content (AvgIpc) is 0.758. The number of imide groups is 1. The normalized spacial score (nSPS) is 28.0. The quantitative estimate of drug-likeness (QED) is 0.0401. The van der Waals surface area contributed by atoms with Gasteiger partial charge in [-0.2, -0.15) is 0 Å². The molecule has 0 spiro atoms. The Balaban J connectivity index is 1.02. The number of aliphatic hydroxyl groups is 2. The van der Waals surface area contributed by atoms with Gasteiger partial charge < -0.3 is 103 Å². The third-order valence-electron chi connectivity index (χ3n) is 22.0. The first-order chi connectivity index (χ1) is 52.5. The molecule has 15 bridgehead atoms. The van der Waals surface area contributed by atoms with Gasteiger partial charge in [-0.15, -0.1) is 0 Å². The molecular weight excluding hydrogens is 1470 g/mol. The number of carbonyl (C=O) groups excluding carboxylic acids is 9. The number of aliphatic hydroxyl groups excluding tert-OH is 2. The third-order valence-corrected chi connectivity index (χ3v) is 22.5. The molecule has 5 aromatic rings. The molecule has 4 aliphatic carbocycles. The van der Waals surface area contributed by atoms with Gasteiger partial charge in [0.05, 0.1) is 34.7 Å². The van der Waals surface area contributed by atoms with Crippen molar-refractivity contribution in [3.05, 3.63) is 117 Å². The van der Waals surface area contributed by atoms with E-state index in [0.717, 1.165) is 94.5 Å². The van der Waals surface area contributed by atoms with E-state index in [1.807, 2.05) is 13.8 Å². The van der Waals surface area contributed by atoms with Crippen LogP contribution in [-0.4, -0.2) is 152 Å². The first-order valence-electron chi connectivity index (χ1n) is 37.5. The topological polar surface area (TPSA) is 458 Å². The van der Waals surface area contributed by atoms with E-state index in [9.17, 15) is 45.0 Å². The number of phenols is 4. The van der Waals surface area contributed by atoms with Crippen LogP contribution in [0, 0.1) is 29.6 Å². The van der Waals surface area contributed by atoms with Crippen LogP contribution < -0.4 is 68.4 Å². The zero-order valence-corrected chi connectivity index (χ0v) is 62.9. The van der Waals surface area contributed by atoms with Crippen molar-refractivity contribution in [2.45, 2.75) is 203 Å². The summed E-state index contributed by atoms with van der Waals surface area (Å²) in [5.74, 6) is -12.4. The number of rotatable bonds is 18. The molecular formula is C78H95Cl2N11O19. The summed E-state index contributed by atoms with van der Waals surface area (Å²) in [6.45, 7) is 7.46. The lowest BCUT2D eigenvalue weighted by molar-refractivity contribution is -0.243. The van der Waals surface area contributed by atoms with Crippen LogP contribution >= 0.6 is 23.2 Å². The Hall–Kier alpha value is -9.53. The summed E-state index contributed by atoms with van der Waals surface area (Å²) in [4.78, 5) is 137. The van der Waals surface area contributed by atoms with Crippen molar-refractivity contribution in [3.63, 3.8) is 0 Å². The molecule has 110 heavy (non-hydrogen) atoms. The van der Waals surface area contributed by atoms with E-state index in [1.54, 1.807) is 0 Å². The Morgan fingerprint density at radius 3 is 1.92 bits per heavy atom. The smallest absolute Gasteiger partial charge is 0.321 e. The van der Waals surface area contributed by atoms with E-state index in [4.69, 9.17) is 47.9 Å². The van der Waals surface area contributed by atoms with E-state index >= 15 is 28.8 Å². The summed E-state index contributed by atoms with van der Waals surface area (Å²) in [6.07, 6.45) is 1.38. The first kappa shape index (κ1) is 80.0. The number of amides is 10. The highest BCUT2D eigenvalue weighted by Gasteiger charge is 2.51. The summed E-state index contributed by atoms with van der Waals surface area (Å²) < 4.78 is 25.8. The van der Waals surface area contributed by atoms with Crippen molar-refractivity contribution in [2.75, 3.05) is 13.6 Å². The number of fused-ring (bicyclic) bond motifs is 15. The second kappa shape index (κ2) is 34.4. The number of carbonyl (C=O) groups is 9. The molecule has 6 aliphatic heterocycles. The molecule has 10 aliphatic rings. The number of phenolic OH excluding ortho intramolecular Hbond substituents is 4. The van der Waals surface area contributed by atoms with Crippen molar-refractivity contribution in [3.8, 4) is 57.1 Å². The van der Waals surface area contributed by atoms with Crippen LogP contribution in [-0.2, 0) is 47.8 Å². The highest BCUT2D eigenvalue weighted by atomic mass is 35.5. The van der Waals surface area contributed by atoms with Crippen LogP contribution in [0.4, 0.5) is 4.79 Å². The fourth-order valence-electron chi connectivity index (χ4n) is 16.6. The van der Waals surface area contributed by atoms with Crippen molar-refractivity contribution < 1.29 is 92.7 Å². The molecule has 4 saturated carbocycles. The van der Waals surface area contributed by atoms with Crippen molar-refractivity contribution >= 4 is 76.5 Å². The maximum atomic E-state index is 16.3. The number of nitrogens with one attached hydrogen (secondary N) is 10. The predicted molar refractivity (Wildman–Crippen MR) is 399 cm³/mol. The fraction of sp³-hybridized carbons (Fsp3) is 0.500. The Kier molecular flexibility index (Phi) is 25.0. The minimum atomic E-state index is -2.24. The predicted octanol–water partition coefficient (Wildman–Crippen LogP) is 6.80. The molecule has 0 aromatic heterocycles. The molecule has 30 nitrogen and oxygen atoms in total. The van der Waals surface area contributed by atoms with Gasteiger partial charge in [0.1, 0.15) is 77.2 Å². The van der Waals surface area contributed by atoms with Gasteiger partial charge >= 0.3 is 6.03 Å². The molecule has 18 N–H and O–H groups in total. The summed E-state index contributed by atoms with van der Waals surface area (Å²) in [6, 6.07) is -0.318.